The van der Waals surface area contributed by atoms with E-state index >= 15 is 0 Å². The summed E-state index contributed by atoms with van der Waals surface area (Å²) in [5.41, 5.74) is 0. The van der Waals surface area contributed by atoms with Crippen LogP contribution in [0.1, 0.15) is 19.8 Å². The Morgan fingerprint density at radius 1 is 1.21 bits per heavy atom. The molecule has 0 aromatic rings. The first-order valence-corrected chi connectivity index (χ1v) is 6.44. The van der Waals surface area contributed by atoms with Gasteiger partial charge in [0.25, 0.3) is 0 Å². The molecule has 19 heavy (non-hydrogen) atoms. The van der Waals surface area contributed by atoms with Crippen LogP contribution in [0, 0.1) is 0 Å². The van der Waals surface area contributed by atoms with Crippen LogP contribution in [0.5, 0.6) is 0 Å². The highest BCUT2D eigenvalue weighted by Gasteiger charge is 2.18. The van der Waals surface area contributed by atoms with Crippen LogP contribution in [0.3, 0.4) is 0 Å². The highest BCUT2D eigenvalue weighted by molar-refractivity contribution is 5.84. The molecule has 0 aliphatic rings. The average molecular weight is 276 g/mol. The van der Waals surface area contributed by atoms with Crippen LogP contribution < -0.4 is 10.6 Å². The quantitative estimate of drug-likeness (QED) is 0.420. The molecule has 0 aliphatic heterocycles. The van der Waals surface area contributed by atoms with Gasteiger partial charge in [-0.25, -0.2) is 4.79 Å². The van der Waals surface area contributed by atoms with Crippen LogP contribution in [0.15, 0.2) is 0 Å². The van der Waals surface area contributed by atoms with Gasteiger partial charge in [-0.3, -0.25) is 4.79 Å². The number of nitrogens with one attached hydrogen (secondary N) is 2. The molecule has 1 atom stereocenters. The number of hydrogen-bond donors (Lipinski definition) is 3. The molecule has 112 valence electrons. The number of likely N-dealkylation sites (N-methyl/N-ethyl adjacent to an activating group) is 1. The lowest BCUT2D eigenvalue weighted by Gasteiger charge is -2.13. The van der Waals surface area contributed by atoms with Crippen molar-refractivity contribution in [1.82, 2.24) is 10.6 Å². The van der Waals surface area contributed by atoms with Crippen molar-refractivity contribution in [1.29, 1.82) is 0 Å². The van der Waals surface area contributed by atoms with Crippen LogP contribution in [0.25, 0.3) is 0 Å². The highest BCUT2D eigenvalue weighted by atomic mass is 16.5. The van der Waals surface area contributed by atoms with Crippen LogP contribution in [0.4, 0.5) is 0 Å². The minimum atomic E-state index is -1.02. The second-order valence-electron chi connectivity index (χ2n) is 4.02. The lowest BCUT2D eigenvalue weighted by molar-refractivity contribution is -0.142. The van der Waals surface area contributed by atoms with Gasteiger partial charge in [0.1, 0.15) is 12.6 Å². The molecule has 0 fully saturated rings. The van der Waals surface area contributed by atoms with Crippen molar-refractivity contribution < 1.29 is 24.2 Å². The monoisotopic (exact) mass is 276 g/mol. The molecule has 0 spiro atoms. The second kappa shape index (κ2) is 11.9. The SMILES string of the molecule is CCC[C@H](NC(=O)COCCOCCNC)C(=O)O. The molecule has 7 heteroatoms. The van der Waals surface area contributed by atoms with Gasteiger partial charge in [-0.1, -0.05) is 13.3 Å². The van der Waals surface area contributed by atoms with Gasteiger partial charge < -0.3 is 25.2 Å². The van der Waals surface area contributed by atoms with E-state index < -0.39 is 17.9 Å². The van der Waals surface area contributed by atoms with Crippen LogP contribution in [0.2, 0.25) is 0 Å². The Kier molecular flexibility index (Phi) is 11.1. The number of ether oxygens (including phenoxy) is 2. The van der Waals surface area contributed by atoms with E-state index in [1.54, 1.807) is 0 Å². The normalized spacial score (nSPS) is 12.1. The van der Waals surface area contributed by atoms with E-state index in [1.165, 1.54) is 0 Å². The van der Waals surface area contributed by atoms with Gasteiger partial charge >= 0.3 is 5.97 Å². The van der Waals surface area contributed by atoms with E-state index in [-0.39, 0.29) is 6.61 Å². The number of carboxylic acid groups (broad SMARTS) is 1. The number of carboxylic acids is 1. The summed E-state index contributed by atoms with van der Waals surface area (Å²) in [6.45, 7) is 3.78. The number of carbonyl (C=O) groups excluding carboxylic acids is 1. The molecule has 0 heterocycles. The van der Waals surface area contributed by atoms with Crippen molar-refractivity contribution in [3.05, 3.63) is 0 Å². The molecular formula is C12H24N2O5. The maximum absolute atomic E-state index is 11.4. The largest absolute Gasteiger partial charge is 0.480 e. The number of amides is 1. The molecule has 0 saturated carbocycles. The maximum Gasteiger partial charge on any atom is 0.326 e. The molecule has 0 bridgehead atoms. The van der Waals surface area contributed by atoms with Crippen LogP contribution in [-0.4, -0.2) is 63.0 Å². The van der Waals surface area contributed by atoms with Crippen molar-refractivity contribution in [2.24, 2.45) is 0 Å². The summed E-state index contributed by atoms with van der Waals surface area (Å²) in [6.07, 6.45) is 1.10. The smallest absolute Gasteiger partial charge is 0.326 e. The molecule has 0 unspecified atom stereocenters. The summed E-state index contributed by atoms with van der Waals surface area (Å²) < 4.78 is 10.3. The summed E-state index contributed by atoms with van der Waals surface area (Å²) in [4.78, 5) is 22.2. The molecule has 3 N–H and O–H groups in total. The Morgan fingerprint density at radius 3 is 2.47 bits per heavy atom. The van der Waals surface area contributed by atoms with Crippen LogP contribution in [-0.2, 0) is 19.1 Å². The van der Waals surface area contributed by atoms with E-state index in [1.807, 2.05) is 14.0 Å². The molecule has 0 aliphatic carbocycles. The average Bonchev–Trinajstić information content (AvgIpc) is 2.37. The minimum Gasteiger partial charge on any atom is -0.480 e. The first-order valence-electron chi connectivity index (χ1n) is 6.44. The Balaban J connectivity index is 3.60. The predicted octanol–water partition coefficient (Wildman–Crippen LogP) is -0.391. The fourth-order valence-electron chi connectivity index (χ4n) is 1.34. The zero-order valence-corrected chi connectivity index (χ0v) is 11.6. The first kappa shape index (κ1) is 17.8. The van der Waals surface area contributed by atoms with E-state index in [0.717, 1.165) is 6.54 Å². The molecule has 0 radical (unpaired) electrons. The summed E-state index contributed by atoms with van der Waals surface area (Å²) >= 11 is 0. The standard InChI is InChI=1S/C12H24N2O5/c1-3-4-10(12(16)17)14-11(15)9-19-8-7-18-6-5-13-2/h10,13H,3-9H2,1-2H3,(H,14,15)(H,16,17)/t10-/m0/s1. The van der Waals surface area contributed by atoms with E-state index in [0.29, 0.717) is 32.7 Å². The van der Waals surface area contributed by atoms with Gasteiger partial charge in [-0.05, 0) is 13.5 Å². The van der Waals surface area contributed by atoms with Gasteiger partial charge in [0, 0.05) is 6.54 Å². The molecule has 0 aromatic carbocycles. The molecule has 0 rings (SSSR count). The summed E-state index contributed by atoms with van der Waals surface area (Å²) in [5.74, 6) is -1.44. The molecular weight excluding hydrogens is 252 g/mol. The third-order valence-electron chi connectivity index (χ3n) is 2.31. The van der Waals surface area contributed by atoms with E-state index in [9.17, 15) is 9.59 Å². The Labute approximate surface area is 113 Å². The van der Waals surface area contributed by atoms with E-state index in [4.69, 9.17) is 14.6 Å². The van der Waals surface area contributed by atoms with Crippen LogP contribution >= 0.6 is 0 Å². The summed E-state index contributed by atoms with van der Waals surface area (Å²) in [5, 5.41) is 14.2. The van der Waals surface area contributed by atoms with Gasteiger partial charge in [0.15, 0.2) is 0 Å². The van der Waals surface area contributed by atoms with Crippen molar-refractivity contribution in [2.75, 3.05) is 40.0 Å². The molecule has 1 amide bonds. The predicted molar refractivity (Wildman–Crippen MR) is 70.0 cm³/mol. The number of hydrogen-bond acceptors (Lipinski definition) is 5. The zero-order chi connectivity index (χ0) is 14.5. The third kappa shape index (κ3) is 10.4. The minimum absolute atomic E-state index is 0.150. The topological polar surface area (TPSA) is 96.9 Å². The Hall–Kier alpha value is -1.18. The highest BCUT2D eigenvalue weighted by Crippen LogP contribution is 1.96. The van der Waals surface area contributed by atoms with Crippen molar-refractivity contribution in [3.63, 3.8) is 0 Å². The fourth-order valence-corrected chi connectivity index (χ4v) is 1.34. The molecule has 7 nitrogen and oxygen atoms in total. The summed E-state index contributed by atoms with van der Waals surface area (Å²) in [6, 6.07) is -0.840. The number of aliphatic carboxylic acids is 1. The van der Waals surface area contributed by atoms with E-state index in [2.05, 4.69) is 10.6 Å². The Bertz CT molecular complexity index is 261. The number of carbonyl (C=O) groups is 2. The Morgan fingerprint density at radius 2 is 1.89 bits per heavy atom. The van der Waals surface area contributed by atoms with Gasteiger partial charge in [-0.2, -0.15) is 0 Å². The van der Waals surface area contributed by atoms with Gasteiger partial charge in [0.2, 0.25) is 5.91 Å². The van der Waals surface area contributed by atoms with Gasteiger partial charge in [0.05, 0.1) is 19.8 Å². The first-order chi connectivity index (χ1) is 9.11. The summed E-state index contributed by atoms with van der Waals surface area (Å²) in [7, 11) is 1.83. The van der Waals surface area contributed by atoms with Crippen molar-refractivity contribution >= 4 is 11.9 Å². The third-order valence-corrected chi connectivity index (χ3v) is 2.31. The molecule has 0 aromatic heterocycles. The number of rotatable bonds is 12. The lowest BCUT2D eigenvalue weighted by Crippen LogP contribution is -2.42. The van der Waals surface area contributed by atoms with Crippen molar-refractivity contribution in [3.8, 4) is 0 Å². The second-order valence-corrected chi connectivity index (χ2v) is 4.02. The lowest BCUT2D eigenvalue weighted by atomic mass is 10.2. The zero-order valence-electron chi connectivity index (χ0n) is 11.6. The van der Waals surface area contributed by atoms with Gasteiger partial charge in [-0.15, -0.1) is 0 Å². The fraction of sp³-hybridized carbons (Fsp3) is 0.833. The molecule has 0 saturated heterocycles. The maximum atomic E-state index is 11.4. The van der Waals surface area contributed by atoms with Crippen molar-refractivity contribution in [2.45, 2.75) is 25.8 Å².